The van der Waals surface area contributed by atoms with Crippen molar-refractivity contribution in [2.75, 3.05) is 18.5 Å². The van der Waals surface area contributed by atoms with Crippen LogP contribution in [-0.4, -0.2) is 30.1 Å². The second-order valence-corrected chi connectivity index (χ2v) is 6.68. The number of carbonyl (C=O) groups is 2. The molecule has 2 amide bonds. The lowest BCUT2D eigenvalue weighted by Crippen LogP contribution is -2.38. The van der Waals surface area contributed by atoms with Crippen LogP contribution in [0.5, 0.6) is 0 Å². The predicted molar refractivity (Wildman–Crippen MR) is 99.6 cm³/mol. The maximum absolute atomic E-state index is 12.4. The van der Waals surface area contributed by atoms with Crippen molar-refractivity contribution < 1.29 is 14.3 Å². The Morgan fingerprint density at radius 1 is 1.28 bits per heavy atom. The summed E-state index contributed by atoms with van der Waals surface area (Å²) in [5, 5.41) is 5.00. The van der Waals surface area contributed by atoms with Crippen molar-refractivity contribution in [3.05, 3.63) is 57.8 Å². The van der Waals surface area contributed by atoms with Crippen LogP contribution in [-0.2, 0) is 22.5 Å². The zero-order valence-electron chi connectivity index (χ0n) is 14.0. The molecule has 2 aromatic rings. The van der Waals surface area contributed by atoms with Crippen molar-refractivity contribution in [2.45, 2.75) is 19.9 Å². The van der Waals surface area contributed by atoms with E-state index in [9.17, 15) is 9.59 Å². The van der Waals surface area contributed by atoms with Crippen LogP contribution >= 0.6 is 11.3 Å². The molecule has 3 rings (SSSR count). The Hall–Kier alpha value is -2.60. The van der Waals surface area contributed by atoms with Crippen molar-refractivity contribution in [1.82, 2.24) is 4.90 Å². The molecule has 25 heavy (non-hydrogen) atoms. The van der Waals surface area contributed by atoms with Gasteiger partial charge in [-0.3, -0.25) is 0 Å². The number of hydrogen-bond donors (Lipinski definition) is 1. The van der Waals surface area contributed by atoms with E-state index in [0.717, 1.165) is 24.2 Å². The molecule has 1 aromatic heterocycles. The van der Waals surface area contributed by atoms with E-state index < -0.39 is 0 Å². The first-order valence-corrected chi connectivity index (χ1v) is 9.09. The minimum Gasteiger partial charge on any atom is -0.463 e. The van der Waals surface area contributed by atoms with Gasteiger partial charge < -0.3 is 15.0 Å². The van der Waals surface area contributed by atoms with Gasteiger partial charge in [0.25, 0.3) is 0 Å². The van der Waals surface area contributed by atoms with Crippen LogP contribution in [0.15, 0.2) is 41.8 Å². The van der Waals surface area contributed by atoms with Gasteiger partial charge in [-0.05, 0) is 54.1 Å². The monoisotopic (exact) mass is 356 g/mol. The number of benzene rings is 1. The van der Waals surface area contributed by atoms with Crippen molar-refractivity contribution in [3.8, 4) is 0 Å². The van der Waals surface area contributed by atoms with E-state index in [2.05, 4.69) is 16.8 Å². The van der Waals surface area contributed by atoms with Gasteiger partial charge in [-0.25, -0.2) is 9.59 Å². The zero-order chi connectivity index (χ0) is 17.6. The Balaban J connectivity index is 1.56. The quantitative estimate of drug-likeness (QED) is 0.667. The normalized spacial score (nSPS) is 13.6. The molecule has 5 nitrogen and oxygen atoms in total. The molecule has 0 unspecified atom stereocenters. The average molecular weight is 356 g/mol. The third-order valence-electron chi connectivity index (χ3n) is 3.96. The number of fused-ring (bicyclic) bond motifs is 1. The molecule has 0 radical (unpaired) electrons. The Labute approximate surface area is 150 Å². The lowest BCUT2D eigenvalue weighted by molar-refractivity contribution is -0.137. The minimum atomic E-state index is -0.363. The highest BCUT2D eigenvalue weighted by atomic mass is 32.1. The SMILES string of the molecule is CCOC(=O)/C=C\c1ccc(NC(=O)N2CCc3sccc3C2)cc1. The lowest BCUT2D eigenvalue weighted by Gasteiger charge is -2.27. The first kappa shape index (κ1) is 17.2. The number of thiophene rings is 1. The molecule has 0 spiro atoms. The fraction of sp³-hybridized carbons (Fsp3) is 0.263. The third kappa shape index (κ3) is 4.48. The number of hydrogen-bond acceptors (Lipinski definition) is 4. The predicted octanol–water partition coefficient (Wildman–Crippen LogP) is 3.91. The van der Waals surface area contributed by atoms with Gasteiger partial charge in [0.05, 0.1) is 6.61 Å². The summed E-state index contributed by atoms with van der Waals surface area (Å²) in [4.78, 5) is 26.9. The highest BCUT2D eigenvalue weighted by Gasteiger charge is 2.21. The maximum atomic E-state index is 12.4. The maximum Gasteiger partial charge on any atom is 0.330 e. The Morgan fingerprint density at radius 3 is 2.84 bits per heavy atom. The summed E-state index contributed by atoms with van der Waals surface area (Å²) in [5.41, 5.74) is 2.84. The first-order chi connectivity index (χ1) is 12.2. The van der Waals surface area contributed by atoms with E-state index >= 15 is 0 Å². The van der Waals surface area contributed by atoms with Gasteiger partial charge in [-0.2, -0.15) is 0 Å². The molecular weight excluding hydrogens is 336 g/mol. The second-order valence-electron chi connectivity index (χ2n) is 5.68. The number of urea groups is 1. The van der Waals surface area contributed by atoms with Gasteiger partial charge in [-0.1, -0.05) is 12.1 Å². The number of nitrogens with one attached hydrogen (secondary N) is 1. The molecule has 1 aliphatic rings. The van der Waals surface area contributed by atoms with Crippen molar-refractivity contribution in [2.24, 2.45) is 0 Å². The minimum absolute atomic E-state index is 0.0911. The fourth-order valence-electron chi connectivity index (χ4n) is 2.66. The van der Waals surface area contributed by atoms with Gasteiger partial charge in [-0.15, -0.1) is 11.3 Å². The van der Waals surface area contributed by atoms with E-state index in [1.54, 1.807) is 24.3 Å². The van der Waals surface area contributed by atoms with Crippen LogP contribution in [0.3, 0.4) is 0 Å². The summed E-state index contributed by atoms with van der Waals surface area (Å²) in [6.45, 7) is 3.52. The molecule has 0 atom stereocenters. The molecule has 0 saturated carbocycles. The highest BCUT2D eigenvalue weighted by Crippen LogP contribution is 2.24. The Kier molecular flexibility index (Phi) is 5.50. The molecule has 1 N–H and O–H groups in total. The summed E-state index contributed by atoms with van der Waals surface area (Å²) in [6.07, 6.45) is 3.99. The van der Waals surface area contributed by atoms with Gasteiger partial charge in [0.2, 0.25) is 0 Å². The van der Waals surface area contributed by atoms with Gasteiger partial charge in [0.1, 0.15) is 0 Å². The molecule has 6 heteroatoms. The van der Waals surface area contributed by atoms with Crippen LogP contribution in [0, 0.1) is 0 Å². The Morgan fingerprint density at radius 2 is 2.08 bits per heavy atom. The molecular formula is C19H20N2O3S. The number of ether oxygens (including phenoxy) is 1. The number of esters is 1. The molecule has 130 valence electrons. The lowest BCUT2D eigenvalue weighted by atomic mass is 10.1. The number of rotatable bonds is 4. The third-order valence-corrected chi connectivity index (χ3v) is 4.98. The summed E-state index contributed by atoms with van der Waals surface area (Å²) >= 11 is 1.76. The number of anilines is 1. The largest absolute Gasteiger partial charge is 0.463 e. The van der Waals surface area contributed by atoms with Gasteiger partial charge in [0.15, 0.2) is 0 Å². The molecule has 0 bridgehead atoms. The summed E-state index contributed by atoms with van der Waals surface area (Å²) in [5.74, 6) is -0.363. The summed E-state index contributed by atoms with van der Waals surface area (Å²) in [7, 11) is 0. The highest BCUT2D eigenvalue weighted by molar-refractivity contribution is 7.10. The van der Waals surface area contributed by atoms with E-state index in [1.807, 2.05) is 29.2 Å². The van der Waals surface area contributed by atoms with Crippen LogP contribution < -0.4 is 5.32 Å². The molecule has 2 heterocycles. The topological polar surface area (TPSA) is 58.6 Å². The van der Waals surface area contributed by atoms with Crippen LogP contribution in [0.2, 0.25) is 0 Å². The van der Waals surface area contributed by atoms with Gasteiger partial charge >= 0.3 is 12.0 Å². The average Bonchev–Trinajstić information content (AvgIpc) is 3.09. The van der Waals surface area contributed by atoms with E-state index in [4.69, 9.17) is 4.74 Å². The zero-order valence-corrected chi connectivity index (χ0v) is 14.8. The fourth-order valence-corrected chi connectivity index (χ4v) is 3.55. The summed E-state index contributed by atoms with van der Waals surface area (Å²) in [6, 6.07) is 9.33. The van der Waals surface area contributed by atoms with Gasteiger partial charge in [0, 0.05) is 29.7 Å². The molecule has 0 aliphatic carbocycles. The number of carbonyl (C=O) groups excluding carboxylic acids is 2. The number of amides is 2. The smallest absolute Gasteiger partial charge is 0.330 e. The van der Waals surface area contributed by atoms with E-state index in [0.29, 0.717) is 13.2 Å². The standard InChI is InChI=1S/C19H20N2O3S/c1-2-24-18(22)8-5-14-3-6-16(7-4-14)20-19(23)21-11-9-17-15(13-21)10-12-25-17/h3-8,10,12H,2,9,11,13H2,1H3,(H,20,23)/b8-5-. The first-order valence-electron chi connectivity index (χ1n) is 8.22. The van der Waals surface area contributed by atoms with Crippen LogP contribution in [0.25, 0.3) is 6.08 Å². The molecule has 1 aromatic carbocycles. The van der Waals surface area contributed by atoms with E-state index in [-0.39, 0.29) is 12.0 Å². The van der Waals surface area contributed by atoms with Crippen molar-refractivity contribution in [1.29, 1.82) is 0 Å². The molecule has 0 saturated heterocycles. The van der Waals surface area contributed by atoms with E-state index in [1.165, 1.54) is 16.5 Å². The second kappa shape index (κ2) is 7.98. The van der Waals surface area contributed by atoms with Crippen LogP contribution in [0.1, 0.15) is 22.9 Å². The van der Waals surface area contributed by atoms with Crippen LogP contribution in [0.4, 0.5) is 10.5 Å². The molecule has 1 aliphatic heterocycles. The number of nitrogens with zero attached hydrogens (tertiary/aromatic N) is 1. The summed E-state index contributed by atoms with van der Waals surface area (Å²) < 4.78 is 4.84. The van der Waals surface area contributed by atoms with Crippen molar-refractivity contribution in [3.63, 3.8) is 0 Å². The molecule has 0 fully saturated rings. The van der Waals surface area contributed by atoms with Crippen molar-refractivity contribution >= 4 is 35.1 Å². The Bertz CT molecular complexity index is 780.